The molecule has 2 aromatic carbocycles. The molecule has 0 heterocycles. The summed E-state index contributed by atoms with van der Waals surface area (Å²) in [5.41, 5.74) is 0. The molecule has 0 fully saturated rings. The Morgan fingerprint density at radius 3 is 1.33 bits per heavy atom. The van der Waals surface area contributed by atoms with Gasteiger partial charge < -0.3 is 0 Å². The lowest BCUT2D eigenvalue weighted by atomic mass is 10.4. The highest BCUT2D eigenvalue weighted by Crippen LogP contribution is 2.24. The largest absolute Gasteiger partial charge is 0.183 e. The van der Waals surface area contributed by atoms with Gasteiger partial charge >= 0.3 is 0 Å². The van der Waals surface area contributed by atoms with Crippen molar-refractivity contribution in [2.45, 2.75) is 31.6 Å². The van der Waals surface area contributed by atoms with E-state index in [1.165, 1.54) is 10.4 Å². The van der Waals surface area contributed by atoms with E-state index in [1.807, 2.05) is 12.1 Å². The third kappa shape index (κ3) is 4.71. The van der Waals surface area contributed by atoms with Gasteiger partial charge in [0.25, 0.3) is 0 Å². The standard InChI is InChI=1S/C17H22Cl2Si2/c1-20(18,16-10-5-3-6-11-16)14-9-15-21(2,19)17-12-7-4-8-13-17/h3-8,10-13H,9,14-15H2,1-2H3. The minimum Gasteiger partial charge on any atom is -0.161 e. The first kappa shape index (κ1) is 16.8. The maximum atomic E-state index is 6.85. The van der Waals surface area contributed by atoms with E-state index in [-0.39, 0.29) is 0 Å². The first-order valence-corrected chi connectivity index (χ1v) is 14.8. The Bertz CT molecular complexity index is 502. The van der Waals surface area contributed by atoms with Crippen molar-refractivity contribution in [3.05, 3.63) is 60.7 Å². The molecule has 0 radical (unpaired) electrons. The molecule has 0 bridgehead atoms. The van der Waals surface area contributed by atoms with Crippen molar-refractivity contribution in [2.75, 3.05) is 0 Å². The lowest BCUT2D eigenvalue weighted by Crippen LogP contribution is -2.41. The molecule has 4 heteroatoms. The summed E-state index contributed by atoms with van der Waals surface area (Å²) in [6.45, 7) is 4.47. The molecule has 112 valence electrons. The summed E-state index contributed by atoms with van der Waals surface area (Å²) in [5, 5.41) is 2.65. The fourth-order valence-electron chi connectivity index (χ4n) is 2.61. The van der Waals surface area contributed by atoms with Crippen molar-refractivity contribution in [3.8, 4) is 0 Å². The minimum absolute atomic E-state index is 1.08. The fraction of sp³-hybridized carbons (Fsp3) is 0.294. The summed E-state index contributed by atoms with van der Waals surface area (Å²) >= 11 is 13.7. The third-order valence-corrected chi connectivity index (χ3v) is 12.1. The summed E-state index contributed by atoms with van der Waals surface area (Å²) in [5.74, 6) is 0. The van der Waals surface area contributed by atoms with Crippen LogP contribution >= 0.6 is 22.2 Å². The van der Waals surface area contributed by atoms with Crippen LogP contribution < -0.4 is 10.4 Å². The maximum absolute atomic E-state index is 6.85. The molecule has 2 unspecified atom stereocenters. The Balaban J connectivity index is 1.95. The molecule has 0 spiro atoms. The van der Waals surface area contributed by atoms with Gasteiger partial charge in [0.15, 0.2) is 14.8 Å². The predicted molar refractivity (Wildman–Crippen MR) is 101 cm³/mol. The Morgan fingerprint density at radius 2 is 1.00 bits per heavy atom. The van der Waals surface area contributed by atoms with E-state index in [0.717, 1.165) is 18.5 Å². The van der Waals surface area contributed by atoms with E-state index in [9.17, 15) is 0 Å². The molecule has 0 amide bonds. The summed E-state index contributed by atoms with van der Waals surface area (Å²) in [7, 11) is -3.69. The monoisotopic (exact) mass is 352 g/mol. The molecule has 0 nitrogen and oxygen atoms in total. The molecule has 0 aliphatic carbocycles. The number of rotatable bonds is 6. The average Bonchev–Trinajstić information content (AvgIpc) is 2.49. The molecule has 21 heavy (non-hydrogen) atoms. The maximum Gasteiger partial charge on any atom is 0.183 e. The summed E-state index contributed by atoms with van der Waals surface area (Å²) in [6.07, 6.45) is 1.11. The van der Waals surface area contributed by atoms with Crippen molar-refractivity contribution >= 4 is 47.3 Å². The lowest BCUT2D eigenvalue weighted by Gasteiger charge is -2.24. The van der Waals surface area contributed by atoms with Gasteiger partial charge in [-0.3, -0.25) is 0 Å². The minimum atomic E-state index is -1.84. The first-order chi connectivity index (χ1) is 9.92. The molecule has 0 N–H and O–H groups in total. The van der Waals surface area contributed by atoms with Crippen LogP contribution in [0.1, 0.15) is 6.42 Å². The zero-order chi connectivity index (χ0) is 15.3. The quantitative estimate of drug-likeness (QED) is 0.516. The molecule has 0 aliphatic rings. The number of hydrogen-bond donors (Lipinski definition) is 0. The summed E-state index contributed by atoms with van der Waals surface area (Å²) in [6, 6.07) is 23.2. The van der Waals surface area contributed by atoms with Gasteiger partial charge in [0, 0.05) is 0 Å². The van der Waals surface area contributed by atoms with Crippen LogP contribution in [0.2, 0.25) is 25.2 Å². The highest BCUT2D eigenvalue weighted by Gasteiger charge is 2.30. The summed E-state index contributed by atoms with van der Waals surface area (Å²) < 4.78 is 0. The van der Waals surface area contributed by atoms with Crippen LogP contribution in [0.15, 0.2) is 60.7 Å². The van der Waals surface area contributed by atoms with Crippen LogP contribution in [0, 0.1) is 0 Å². The number of benzene rings is 2. The molecule has 2 atom stereocenters. The SMILES string of the molecule is C[Si](Cl)(CCC[Si](C)(Cl)c1ccccc1)c1ccccc1. The van der Waals surface area contributed by atoms with Crippen molar-refractivity contribution in [2.24, 2.45) is 0 Å². The van der Waals surface area contributed by atoms with Crippen molar-refractivity contribution < 1.29 is 0 Å². The van der Waals surface area contributed by atoms with Gasteiger partial charge in [-0.1, -0.05) is 80.2 Å². The highest BCUT2D eigenvalue weighted by molar-refractivity contribution is 7.27. The zero-order valence-electron chi connectivity index (χ0n) is 12.7. The van der Waals surface area contributed by atoms with Gasteiger partial charge in [-0.15, -0.1) is 0 Å². The van der Waals surface area contributed by atoms with Crippen LogP contribution in [0.25, 0.3) is 0 Å². The second-order valence-electron chi connectivity index (χ2n) is 5.98. The van der Waals surface area contributed by atoms with Gasteiger partial charge in [0.1, 0.15) is 0 Å². The van der Waals surface area contributed by atoms with Gasteiger partial charge in [0.05, 0.1) is 0 Å². The molecule has 0 aromatic heterocycles. The second kappa shape index (κ2) is 7.14. The van der Waals surface area contributed by atoms with Gasteiger partial charge in [-0.25, -0.2) is 0 Å². The van der Waals surface area contributed by atoms with Crippen LogP contribution in [0.3, 0.4) is 0 Å². The fourth-order valence-corrected chi connectivity index (χ4v) is 8.56. The van der Waals surface area contributed by atoms with E-state index in [1.54, 1.807) is 0 Å². The Kier molecular flexibility index (Phi) is 5.72. The van der Waals surface area contributed by atoms with Crippen molar-refractivity contribution in [1.82, 2.24) is 0 Å². The zero-order valence-corrected chi connectivity index (χ0v) is 16.2. The molecule has 2 rings (SSSR count). The van der Waals surface area contributed by atoms with Crippen LogP contribution in [0.5, 0.6) is 0 Å². The van der Waals surface area contributed by atoms with Gasteiger partial charge in [-0.2, -0.15) is 22.2 Å². The van der Waals surface area contributed by atoms with Crippen LogP contribution in [0.4, 0.5) is 0 Å². The van der Waals surface area contributed by atoms with E-state index in [4.69, 9.17) is 22.2 Å². The topological polar surface area (TPSA) is 0 Å². The van der Waals surface area contributed by atoms with Crippen LogP contribution in [-0.4, -0.2) is 14.8 Å². The Hall–Kier alpha value is -0.546. The lowest BCUT2D eigenvalue weighted by molar-refractivity contribution is 1.04. The van der Waals surface area contributed by atoms with E-state index in [0.29, 0.717) is 0 Å². The van der Waals surface area contributed by atoms with Crippen molar-refractivity contribution in [3.63, 3.8) is 0 Å². The third-order valence-electron chi connectivity index (χ3n) is 4.04. The second-order valence-corrected chi connectivity index (χ2v) is 17.9. The van der Waals surface area contributed by atoms with E-state index in [2.05, 4.69) is 61.6 Å². The smallest absolute Gasteiger partial charge is 0.161 e. The predicted octanol–water partition coefficient (Wildman–Crippen LogP) is 4.82. The molecular formula is C17H22Cl2Si2. The molecule has 2 aromatic rings. The highest BCUT2D eigenvalue weighted by atomic mass is 35.6. The molecule has 0 saturated carbocycles. The molecule has 0 aliphatic heterocycles. The van der Waals surface area contributed by atoms with Crippen molar-refractivity contribution in [1.29, 1.82) is 0 Å². The molecule has 0 saturated heterocycles. The van der Waals surface area contributed by atoms with Gasteiger partial charge in [0.2, 0.25) is 0 Å². The number of halogens is 2. The summed E-state index contributed by atoms with van der Waals surface area (Å²) in [4.78, 5) is 0. The Morgan fingerprint density at radius 1 is 0.667 bits per heavy atom. The van der Waals surface area contributed by atoms with Gasteiger partial charge in [-0.05, 0) is 22.5 Å². The molecular weight excluding hydrogens is 331 g/mol. The van der Waals surface area contributed by atoms with E-state index >= 15 is 0 Å². The van der Waals surface area contributed by atoms with Crippen LogP contribution in [-0.2, 0) is 0 Å². The number of hydrogen-bond acceptors (Lipinski definition) is 0. The first-order valence-electron chi connectivity index (χ1n) is 7.41. The Labute approximate surface area is 139 Å². The van der Waals surface area contributed by atoms with E-state index < -0.39 is 14.8 Å². The normalized spacial score (nSPS) is 17.0. The average molecular weight is 353 g/mol.